The first-order valence-electron chi connectivity index (χ1n) is 10.5. The molecule has 168 valence electrons. The molecule has 0 fully saturated rings. The van der Waals surface area contributed by atoms with Crippen LogP contribution in [-0.2, 0) is 16.6 Å². The smallest absolute Gasteiger partial charge is 0.274 e. The molecule has 0 aliphatic rings. The van der Waals surface area contributed by atoms with Crippen LogP contribution in [0.2, 0.25) is 0 Å². The van der Waals surface area contributed by atoms with Gasteiger partial charge in [-0.3, -0.25) is 9.48 Å². The van der Waals surface area contributed by atoms with E-state index >= 15 is 0 Å². The molecule has 4 aromatic rings. The lowest BCUT2D eigenvalue weighted by Gasteiger charge is -2.10. The van der Waals surface area contributed by atoms with Gasteiger partial charge in [0.15, 0.2) is 0 Å². The molecule has 0 saturated heterocycles. The van der Waals surface area contributed by atoms with Gasteiger partial charge in [0.05, 0.1) is 4.90 Å². The maximum Gasteiger partial charge on any atom is 0.274 e. The predicted octanol–water partition coefficient (Wildman–Crippen LogP) is 4.45. The molecule has 1 aromatic heterocycles. The van der Waals surface area contributed by atoms with E-state index in [9.17, 15) is 13.2 Å². The number of hydrogen-bond donors (Lipinski definition) is 2. The maximum atomic E-state index is 13.4. The van der Waals surface area contributed by atoms with Crippen molar-refractivity contribution in [2.24, 2.45) is 5.14 Å². The van der Waals surface area contributed by atoms with Crippen LogP contribution in [0.15, 0.2) is 83.8 Å². The average molecular weight is 461 g/mol. The van der Waals surface area contributed by atoms with Gasteiger partial charge in [-0.05, 0) is 43.7 Å². The van der Waals surface area contributed by atoms with Crippen molar-refractivity contribution in [3.63, 3.8) is 0 Å². The molecule has 0 unspecified atom stereocenters. The molecule has 0 aliphatic carbocycles. The summed E-state index contributed by atoms with van der Waals surface area (Å²) in [6.45, 7) is 4.39. The zero-order valence-corrected chi connectivity index (χ0v) is 19.1. The molecular weight excluding hydrogens is 436 g/mol. The summed E-state index contributed by atoms with van der Waals surface area (Å²) in [5.74, 6) is -0.279. The number of carbonyl (C=O) groups excluding carboxylic acids is 1. The number of carbonyl (C=O) groups is 1. The van der Waals surface area contributed by atoms with Gasteiger partial charge in [0, 0.05) is 23.4 Å². The second-order valence-electron chi connectivity index (χ2n) is 7.64. The molecule has 7 nitrogen and oxygen atoms in total. The average Bonchev–Trinajstić information content (AvgIpc) is 3.19. The molecule has 0 aliphatic heterocycles. The highest BCUT2D eigenvalue weighted by Crippen LogP contribution is 2.35. The van der Waals surface area contributed by atoms with Gasteiger partial charge in [0.1, 0.15) is 11.4 Å². The van der Waals surface area contributed by atoms with E-state index in [1.165, 1.54) is 12.1 Å². The number of para-hydroxylation sites is 1. The SMILES string of the molecule is CCn1nc(-c2ccc(S(N)(=O)=O)cc2)c(-c2ccc(C)cc2)c1C(=O)Nc1ccccc1. The predicted molar refractivity (Wildman–Crippen MR) is 129 cm³/mol. The van der Waals surface area contributed by atoms with E-state index in [2.05, 4.69) is 5.32 Å². The first-order valence-corrected chi connectivity index (χ1v) is 12.0. The van der Waals surface area contributed by atoms with Gasteiger partial charge in [-0.2, -0.15) is 5.10 Å². The standard InChI is InChI=1S/C25H24N4O3S/c1-3-29-24(25(30)27-20-7-5-4-6-8-20)22(18-11-9-17(2)10-12-18)23(28-29)19-13-15-21(16-14-19)33(26,31)32/h4-16H,3H2,1-2H3,(H,27,30)(H2,26,31,32). The van der Waals surface area contributed by atoms with Gasteiger partial charge >= 0.3 is 0 Å². The van der Waals surface area contributed by atoms with Crippen LogP contribution in [0.5, 0.6) is 0 Å². The topological polar surface area (TPSA) is 107 Å². The summed E-state index contributed by atoms with van der Waals surface area (Å²) in [7, 11) is -3.81. The second kappa shape index (κ2) is 9.01. The summed E-state index contributed by atoms with van der Waals surface area (Å²) in [6, 6.07) is 23.3. The van der Waals surface area contributed by atoms with Crippen molar-refractivity contribution in [3.05, 3.63) is 90.1 Å². The number of rotatable bonds is 6. The van der Waals surface area contributed by atoms with Crippen LogP contribution >= 0.6 is 0 Å². The van der Waals surface area contributed by atoms with Gasteiger partial charge in [0.25, 0.3) is 5.91 Å². The Balaban J connectivity index is 1.90. The van der Waals surface area contributed by atoms with Crippen molar-refractivity contribution in [2.75, 3.05) is 5.32 Å². The van der Waals surface area contributed by atoms with Crippen molar-refractivity contribution in [1.29, 1.82) is 0 Å². The monoisotopic (exact) mass is 460 g/mol. The van der Waals surface area contributed by atoms with Crippen molar-refractivity contribution < 1.29 is 13.2 Å². The molecule has 1 amide bonds. The van der Waals surface area contributed by atoms with Gasteiger partial charge in [-0.15, -0.1) is 0 Å². The van der Waals surface area contributed by atoms with Crippen LogP contribution in [0.25, 0.3) is 22.4 Å². The first kappa shape index (κ1) is 22.4. The number of amides is 1. The molecule has 33 heavy (non-hydrogen) atoms. The molecule has 8 heteroatoms. The number of hydrogen-bond acceptors (Lipinski definition) is 4. The fraction of sp³-hybridized carbons (Fsp3) is 0.120. The third kappa shape index (κ3) is 4.72. The number of nitrogens with zero attached hydrogens (tertiary/aromatic N) is 2. The number of primary sulfonamides is 1. The van der Waals surface area contributed by atoms with Gasteiger partial charge in [-0.25, -0.2) is 13.6 Å². The zero-order chi connectivity index (χ0) is 23.6. The van der Waals surface area contributed by atoms with Crippen molar-refractivity contribution in [1.82, 2.24) is 9.78 Å². The number of benzene rings is 3. The van der Waals surface area contributed by atoms with E-state index < -0.39 is 10.0 Å². The fourth-order valence-electron chi connectivity index (χ4n) is 3.63. The summed E-state index contributed by atoms with van der Waals surface area (Å²) in [5.41, 5.74) is 4.98. The number of anilines is 1. The number of sulfonamides is 1. The highest BCUT2D eigenvalue weighted by molar-refractivity contribution is 7.89. The van der Waals surface area contributed by atoms with Gasteiger partial charge in [-0.1, -0.05) is 60.2 Å². The van der Waals surface area contributed by atoms with E-state index in [1.807, 2.05) is 68.4 Å². The minimum atomic E-state index is -3.81. The van der Waals surface area contributed by atoms with Crippen molar-refractivity contribution >= 4 is 21.6 Å². The summed E-state index contributed by atoms with van der Waals surface area (Å²) in [5, 5.41) is 12.9. The summed E-state index contributed by atoms with van der Waals surface area (Å²) < 4.78 is 25.0. The molecule has 0 atom stereocenters. The van der Waals surface area contributed by atoms with Crippen LogP contribution in [0.3, 0.4) is 0 Å². The fourth-order valence-corrected chi connectivity index (χ4v) is 4.15. The molecule has 0 spiro atoms. The second-order valence-corrected chi connectivity index (χ2v) is 9.20. The summed E-state index contributed by atoms with van der Waals surface area (Å²) in [4.78, 5) is 13.4. The highest BCUT2D eigenvalue weighted by Gasteiger charge is 2.25. The molecule has 4 rings (SSSR count). The van der Waals surface area contributed by atoms with Gasteiger partial charge in [0.2, 0.25) is 10.0 Å². The first-order chi connectivity index (χ1) is 15.8. The molecule has 0 saturated carbocycles. The van der Waals surface area contributed by atoms with Crippen LogP contribution in [0.1, 0.15) is 23.0 Å². The van der Waals surface area contributed by atoms with E-state index in [1.54, 1.807) is 16.8 Å². The van der Waals surface area contributed by atoms with Crippen LogP contribution < -0.4 is 10.5 Å². The normalized spacial score (nSPS) is 11.4. The molecular formula is C25H24N4O3S. The number of aromatic nitrogens is 2. The number of nitrogens with two attached hydrogens (primary N) is 1. The Morgan fingerprint density at radius 2 is 1.55 bits per heavy atom. The zero-order valence-electron chi connectivity index (χ0n) is 18.3. The van der Waals surface area contributed by atoms with Crippen LogP contribution in [0, 0.1) is 6.92 Å². The van der Waals surface area contributed by atoms with Crippen molar-refractivity contribution in [3.8, 4) is 22.4 Å². The van der Waals surface area contributed by atoms with E-state index in [4.69, 9.17) is 10.2 Å². The molecule has 0 bridgehead atoms. The summed E-state index contributed by atoms with van der Waals surface area (Å²) >= 11 is 0. The Hall–Kier alpha value is -3.75. The lowest BCUT2D eigenvalue weighted by atomic mass is 9.97. The third-order valence-corrected chi connectivity index (χ3v) is 6.22. The lowest BCUT2D eigenvalue weighted by Crippen LogP contribution is -2.18. The molecule has 3 aromatic carbocycles. The Labute approximate surface area is 192 Å². The number of aryl methyl sites for hydroxylation is 2. The van der Waals surface area contributed by atoms with E-state index in [0.717, 1.165) is 11.1 Å². The molecule has 1 heterocycles. The maximum absolute atomic E-state index is 13.4. The quantitative estimate of drug-likeness (QED) is 0.443. The number of nitrogens with one attached hydrogen (secondary N) is 1. The Morgan fingerprint density at radius 1 is 0.939 bits per heavy atom. The Bertz CT molecular complexity index is 1390. The Kier molecular flexibility index (Phi) is 6.13. The molecule has 0 radical (unpaired) electrons. The largest absolute Gasteiger partial charge is 0.321 e. The van der Waals surface area contributed by atoms with E-state index in [-0.39, 0.29) is 10.8 Å². The lowest BCUT2D eigenvalue weighted by molar-refractivity contribution is 0.101. The van der Waals surface area contributed by atoms with Gasteiger partial charge < -0.3 is 5.32 Å². The molecule has 3 N–H and O–H groups in total. The highest BCUT2D eigenvalue weighted by atomic mass is 32.2. The minimum absolute atomic E-state index is 0.0140. The van der Waals surface area contributed by atoms with Crippen LogP contribution in [-0.4, -0.2) is 24.1 Å². The third-order valence-electron chi connectivity index (χ3n) is 5.30. The van der Waals surface area contributed by atoms with E-state index in [0.29, 0.717) is 34.7 Å². The minimum Gasteiger partial charge on any atom is -0.321 e. The van der Waals surface area contributed by atoms with Crippen molar-refractivity contribution in [2.45, 2.75) is 25.3 Å². The summed E-state index contributed by atoms with van der Waals surface area (Å²) in [6.07, 6.45) is 0. The van der Waals surface area contributed by atoms with Crippen LogP contribution in [0.4, 0.5) is 5.69 Å². The Morgan fingerprint density at radius 3 is 2.12 bits per heavy atom.